The van der Waals surface area contributed by atoms with Gasteiger partial charge in [-0.05, 0) is 31.7 Å². The topological polar surface area (TPSA) is 34.2 Å². The van der Waals surface area contributed by atoms with Gasteiger partial charge >= 0.3 is 0 Å². The molecule has 3 nitrogen and oxygen atoms in total. The molecule has 0 aliphatic carbocycles. The van der Waals surface area contributed by atoms with Crippen LogP contribution in [0.15, 0.2) is 30.5 Å². The minimum Gasteiger partial charge on any atom is -0.457 e. The van der Waals surface area contributed by atoms with Crippen molar-refractivity contribution in [3.05, 3.63) is 51.8 Å². The molecule has 2 aromatic rings. The monoisotopic (exact) mass is 310 g/mol. The Morgan fingerprint density at radius 1 is 1.15 bits per heavy atom. The van der Waals surface area contributed by atoms with Crippen LogP contribution in [0.25, 0.3) is 0 Å². The van der Waals surface area contributed by atoms with E-state index in [4.69, 9.17) is 27.9 Å². The standard InChI is InChI=1S/C15H16Cl2N2O/c1-3-18-8-11-9-19-10(2)4-15(11)20-14-6-12(16)5-13(17)7-14/h4-7,9,18H,3,8H2,1-2H3. The third kappa shape index (κ3) is 4.10. The van der Waals surface area contributed by atoms with E-state index in [9.17, 15) is 0 Å². The van der Waals surface area contributed by atoms with E-state index < -0.39 is 0 Å². The summed E-state index contributed by atoms with van der Waals surface area (Å²) >= 11 is 12.0. The zero-order valence-corrected chi connectivity index (χ0v) is 12.9. The predicted octanol–water partition coefficient (Wildman–Crippen LogP) is 4.60. The lowest BCUT2D eigenvalue weighted by atomic mass is 10.2. The van der Waals surface area contributed by atoms with Crippen molar-refractivity contribution in [3.8, 4) is 11.5 Å². The number of benzene rings is 1. The molecule has 0 saturated heterocycles. The summed E-state index contributed by atoms with van der Waals surface area (Å²) in [5.74, 6) is 1.38. The van der Waals surface area contributed by atoms with Crippen molar-refractivity contribution in [2.45, 2.75) is 20.4 Å². The van der Waals surface area contributed by atoms with Crippen LogP contribution >= 0.6 is 23.2 Å². The highest BCUT2D eigenvalue weighted by molar-refractivity contribution is 6.34. The molecular weight excluding hydrogens is 295 g/mol. The molecule has 0 saturated carbocycles. The summed E-state index contributed by atoms with van der Waals surface area (Å²) in [5.41, 5.74) is 1.89. The van der Waals surface area contributed by atoms with Gasteiger partial charge in [-0.3, -0.25) is 4.98 Å². The Morgan fingerprint density at radius 2 is 1.85 bits per heavy atom. The van der Waals surface area contributed by atoms with Gasteiger partial charge in [0.1, 0.15) is 11.5 Å². The van der Waals surface area contributed by atoms with Gasteiger partial charge in [0.25, 0.3) is 0 Å². The summed E-state index contributed by atoms with van der Waals surface area (Å²) in [6.45, 7) is 5.57. The Labute approximate surface area is 128 Å². The van der Waals surface area contributed by atoms with Gasteiger partial charge < -0.3 is 10.1 Å². The highest BCUT2D eigenvalue weighted by atomic mass is 35.5. The molecular formula is C15H16Cl2N2O. The molecule has 0 spiro atoms. The summed E-state index contributed by atoms with van der Waals surface area (Å²) in [7, 11) is 0. The van der Waals surface area contributed by atoms with Crippen LogP contribution in [0.5, 0.6) is 11.5 Å². The molecule has 106 valence electrons. The van der Waals surface area contributed by atoms with E-state index in [1.807, 2.05) is 19.2 Å². The van der Waals surface area contributed by atoms with E-state index in [2.05, 4.69) is 17.2 Å². The summed E-state index contributed by atoms with van der Waals surface area (Å²) < 4.78 is 5.90. The van der Waals surface area contributed by atoms with Crippen LogP contribution in [0.4, 0.5) is 0 Å². The number of halogens is 2. The predicted molar refractivity (Wildman–Crippen MR) is 82.9 cm³/mol. The number of nitrogens with zero attached hydrogens (tertiary/aromatic N) is 1. The van der Waals surface area contributed by atoms with Gasteiger partial charge in [0.15, 0.2) is 0 Å². The van der Waals surface area contributed by atoms with E-state index >= 15 is 0 Å². The zero-order chi connectivity index (χ0) is 14.5. The van der Waals surface area contributed by atoms with E-state index in [-0.39, 0.29) is 0 Å². The van der Waals surface area contributed by atoms with Crippen LogP contribution in [0.2, 0.25) is 10.0 Å². The molecule has 20 heavy (non-hydrogen) atoms. The summed E-state index contributed by atoms with van der Waals surface area (Å²) in [6.07, 6.45) is 1.82. The van der Waals surface area contributed by atoms with Crippen LogP contribution < -0.4 is 10.1 Å². The second-order valence-corrected chi connectivity index (χ2v) is 5.29. The lowest BCUT2D eigenvalue weighted by molar-refractivity contribution is 0.471. The largest absolute Gasteiger partial charge is 0.457 e. The van der Waals surface area contributed by atoms with Crippen molar-refractivity contribution < 1.29 is 4.74 Å². The molecule has 0 aliphatic heterocycles. The minimum atomic E-state index is 0.548. The fourth-order valence-corrected chi connectivity index (χ4v) is 2.27. The van der Waals surface area contributed by atoms with Crippen molar-refractivity contribution in [2.24, 2.45) is 0 Å². The highest BCUT2D eigenvalue weighted by Crippen LogP contribution is 2.30. The van der Waals surface area contributed by atoms with E-state index in [0.717, 1.165) is 23.6 Å². The maximum absolute atomic E-state index is 5.98. The van der Waals surface area contributed by atoms with Gasteiger partial charge in [-0.25, -0.2) is 0 Å². The smallest absolute Gasteiger partial charge is 0.135 e. The van der Waals surface area contributed by atoms with Crippen molar-refractivity contribution in [1.82, 2.24) is 10.3 Å². The van der Waals surface area contributed by atoms with Gasteiger partial charge in [-0.1, -0.05) is 30.1 Å². The van der Waals surface area contributed by atoms with Gasteiger partial charge in [0.2, 0.25) is 0 Å². The lowest BCUT2D eigenvalue weighted by Gasteiger charge is -2.12. The molecule has 0 radical (unpaired) electrons. The molecule has 1 heterocycles. The van der Waals surface area contributed by atoms with Gasteiger partial charge in [-0.2, -0.15) is 0 Å². The first kappa shape index (κ1) is 15.1. The van der Waals surface area contributed by atoms with E-state index in [0.29, 0.717) is 22.3 Å². The maximum Gasteiger partial charge on any atom is 0.135 e. The second-order valence-electron chi connectivity index (χ2n) is 4.42. The van der Waals surface area contributed by atoms with Crippen LogP contribution in [0.3, 0.4) is 0 Å². The number of hydrogen-bond acceptors (Lipinski definition) is 3. The Hall–Kier alpha value is -1.29. The molecule has 1 aromatic heterocycles. The third-order valence-electron chi connectivity index (χ3n) is 2.71. The van der Waals surface area contributed by atoms with Crippen LogP contribution in [-0.4, -0.2) is 11.5 Å². The molecule has 1 N–H and O–H groups in total. The first-order chi connectivity index (χ1) is 9.58. The van der Waals surface area contributed by atoms with Gasteiger partial charge in [0.05, 0.1) is 0 Å². The van der Waals surface area contributed by atoms with Crippen LogP contribution in [-0.2, 0) is 6.54 Å². The molecule has 1 aromatic carbocycles. The Morgan fingerprint density at radius 3 is 2.50 bits per heavy atom. The van der Waals surface area contributed by atoms with Gasteiger partial charge in [-0.15, -0.1) is 0 Å². The number of rotatable bonds is 5. The number of nitrogens with one attached hydrogen (secondary N) is 1. The average molecular weight is 311 g/mol. The SMILES string of the molecule is CCNCc1cnc(C)cc1Oc1cc(Cl)cc(Cl)c1. The Bertz CT molecular complexity index is 582. The first-order valence-corrected chi connectivity index (χ1v) is 7.14. The second kappa shape index (κ2) is 6.93. The number of hydrogen-bond donors (Lipinski definition) is 1. The van der Waals surface area contributed by atoms with E-state index in [1.54, 1.807) is 18.2 Å². The number of ether oxygens (including phenoxy) is 1. The Kier molecular flexibility index (Phi) is 5.24. The van der Waals surface area contributed by atoms with Crippen molar-refractivity contribution in [3.63, 3.8) is 0 Å². The molecule has 0 bridgehead atoms. The zero-order valence-electron chi connectivity index (χ0n) is 11.4. The van der Waals surface area contributed by atoms with Crippen molar-refractivity contribution >= 4 is 23.2 Å². The fourth-order valence-electron chi connectivity index (χ4n) is 1.76. The fraction of sp³-hybridized carbons (Fsp3) is 0.267. The minimum absolute atomic E-state index is 0.548. The molecule has 5 heteroatoms. The number of aryl methyl sites for hydroxylation is 1. The quantitative estimate of drug-likeness (QED) is 0.876. The highest BCUT2D eigenvalue weighted by Gasteiger charge is 2.07. The normalized spacial score (nSPS) is 10.6. The summed E-state index contributed by atoms with van der Waals surface area (Å²) in [6, 6.07) is 7.05. The number of aromatic nitrogens is 1. The molecule has 0 fully saturated rings. The van der Waals surface area contributed by atoms with Gasteiger partial charge in [0, 0.05) is 40.1 Å². The average Bonchev–Trinajstić information content (AvgIpc) is 2.36. The molecule has 0 aliphatic rings. The van der Waals surface area contributed by atoms with Crippen LogP contribution in [0, 0.1) is 6.92 Å². The van der Waals surface area contributed by atoms with Crippen molar-refractivity contribution in [1.29, 1.82) is 0 Å². The molecule has 0 unspecified atom stereocenters. The lowest BCUT2D eigenvalue weighted by Crippen LogP contribution is -2.12. The Balaban J connectivity index is 2.28. The van der Waals surface area contributed by atoms with Crippen molar-refractivity contribution in [2.75, 3.05) is 6.54 Å². The van der Waals surface area contributed by atoms with E-state index in [1.165, 1.54) is 0 Å². The summed E-state index contributed by atoms with van der Waals surface area (Å²) in [5, 5.41) is 4.36. The number of pyridine rings is 1. The third-order valence-corrected chi connectivity index (χ3v) is 3.15. The first-order valence-electron chi connectivity index (χ1n) is 6.38. The summed E-state index contributed by atoms with van der Waals surface area (Å²) in [4.78, 5) is 4.30. The molecule has 2 rings (SSSR count). The maximum atomic E-state index is 5.98. The molecule has 0 amide bonds. The van der Waals surface area contributed by atoms with Crippen LogP contribution in [0.1, 0.15) is 18.2 Å². The molecule has 0 atom stereocenters.